The normalized spacial score (nSPS) is 27.0. The van der Waals surface area contributed by atoms with Gasteiger partial charge < -0.3 is 15.4 Å². The molecule has 0 spiro atoms. The van der Waals surface area contributed by atoms with Gasteiger partial charge in [0, 0.05) is 37.3 Å². The van der Waals surface area contributed by atoms with Crippen LogP contribution in [0.4, 0.5) is 0 Å². The Bertz CT molecular complexity index is 870. The first kappa shape index (κ1) is 20.7. The highest BCUT2D eigenvalue weighted by molar-refractivity contribution is 6.30. The van der Waals surface area contributed by atoms with Crippen molar-refractivity contribution in [2.24, 2.45) is 28.7 Å². The summed E-state index contributed by atoms with van der Waals surface area (Å²) in [6, 6.07) is 5.50. The van der Waals surface area contributed by atoms with Crippen molar-refractivity contribution in [2.45, 2.75) is 19.4 Å². The van der Waals surface area contributed by atoms with E-state index < -0.39 is 0 Å². The molecule has 30 heavy (non-hydrogen) atoms. The lowest BCUT2D eigenvalue weighted by Crippen LogP contribution is -2.39. The number of guanidine groups is 1. The second-order valence-electron chi connectivity index (χ2n) is 7.99. The molecule has 7 nitrogen and oxygen atoms in total. The zero-order valence-corrected chi connectivity index (χ0v) is 18.0. The zero-order valence-electron chi connectivity index (χ0n) is 17.2. The van der Waals surface area contributed by atoms with E-state index >= 15 is 0 Å². The Labute approximate surface area is 181 Å². The Hall–Kier alpha value is -2.54. The van der Waals surface area contributed by atoms with Crippen LogP contribution >= 0.6 is 11.6 Å². The third kappa shape index (κ3) is 3.78. The first-order valence-electron chi connectivity index (χ1n) is 10.3. The molecule has 1 saturated heterocycles. The molecular formula is C22H27ClN4O3. The second-order valence-corrected chi connectivity index (χ2v) is 8.43. The van der Waals surface area contributed by atoms with Gasteiger partial charge in [-0.2, -0.15) is 0 Å². The van der Waals surface area contributed by atoms with Crippen molar-refractivity contribution in [1.29, 1.82) is 0 Å². The Morgan fingerprint density at radius 3 is 2.53 bits per heavy atom. The summed E-state index contributed by atoms with van der Waals surface area (Å²) in [6.07, 6.45) is 5.87. The highest BCUT2D eigenvalue weighted by atomic mass is 35.5. The van der Waals surface area contributed by atoms with Gasteiger partial charge in [-0.05, 0) is 36.8 Å². The molecule has 4 atom stereocenters. The van der Waals surface area contributed by atoms with Gasteiger partial charge in [0.15, 0.2) is 5.96 Å². The number of likely N-dealkylation sites (tertiary alicyclic amines) is 1. The first-order chi connectivity index (χ1) is 14.5. The first-order valence-corrected chi connectivity index (χ1v) is 10.7. The van der Waals surface area contributed by atoms with Crippen molar-refractivity contribution in [3.63, 3.8) is 0 Å². The number of hydrogen-bond donors (Lipinski definition) is 2. The largest absolute Gasteiger partial charge is 0.496 e. The van der Waals surface area contributed by atoms with E-state index in [1.54, 1.807) is 20.2 Å². The number of hydrogen-bond acceptors (Lipinski definition) is 4. The zero-order chi connectivity index (χ0) is 21.3. The van der Waals surface area contributed by atoms with E-state index in [4.69, 9.17) is 16.3 Å². The van der Waals surface area contributed by atoms with Crippen LogP contribution in [0.1, 0.15) is 18.4 Å². The fourth-order valence-corrected chi connectivity index (χ4v) is 5.05. The lowest BCUT2D eigenvalue weighted by atomic mass is 9.85. The maximum Gasteiger partial charge on any atom is 0.233 e. The standard InChI is InChI=1S/C22H27ClN4O3/c1-24-22(26-12-15-6-7-16(23)11-17(15)30-2)25-8-3-9-27-20(28)18-13-4-5-14(10-13)19(18)21(27)29/h4-7,11,13-14,18-19H,3,8-10,12H2,1-2H3,(H2,24,25,26). The van der Waals surface area contributed by atoms with Gasteiger partial charge in [0.1, 0.15) is 5.75 Å². The van der Waals surface area contributed by atoms with E-state index in [-0.39, 0.29) is 35.5 Å². The lowest BCUT2D eigenvalue weighted by Gasteiger charge is -2.18. The number of allylic oxidation sites excluding steroid dienone is 2. The summed E-state index contributed by atoms with van der Waals surface area (Å²) in [7, 11) is 3.31. The third-order valence-electron chi connectivity index (χ3n) is 6.33. The molecule has 4 unspecified atom stereocenters. The molecule has 8 heteroatoms. The van der Waals surface area contributed by atoms with Crippen molar-refractivity contribution in [3.8, 4) is 5.75 Å². The average molecular weight is 431 g/mol. The number of rotatable bonds is 7. The van der Waals surface area contributed by atoms with Gasteiger partial charge in [0.25, 0.3) is 0 Å². The number of imide groups is 1. The summed E-state index contributed by atoms with van der Waals surface area (Å²) in [6.45, 7) is 1.58. The Balaban J connectivity index is 1.23. The smallest absolute Gasteiger partial charge is 0.233 e. The molecule has 0 radical (unpaired) electrons. The molecular weight excluding hydrogens is 404 g/mol. The molecule has 2 aliphatic carbocycles. The number of nitrogens with one attached hydrogen (secondary N) is 2. The van der Waals surface area contributed by atoms with Crippen LogP contribution in [0.2, 0.25) is 5.02 Å². The Morgan fingerprint density at radius 2 is 1.90 bits per heavy atom. The monoisotopic (exact) mass is 430 g/mol. The molecule has 4 rings (SSSR count). The maximum atomic E-state index is 12.7. The summed E-state index contributed by atoms with van der Waals surface area (Å²) in [5, 5.41) is 7.09. The van der Waals surface area contributed by atoms with E-state index in [1.807, 2.05) is 12.1 Å². The molecule has 160 valence electrons. The van der Waals surface area contributed by atoms with Crippen LogP contribution in [-0.2, 0) is 16.1 Å². The summed E-state index contributed by atoms with van der Waals surface area (Å²) in [5.41, 5.74) is 0.966. The fraction of sp³-hybridized carbons (Fsp3) is 0.500. The van der Waals surface area contributed by atoms with Crippen molar-refractivity contribution in [3.05, 3.63) is 40.9 Å². The van der Waals surface area contributed by atoms with Gasteiger partial charge >= 0.3 is 0 Å². The minimum absolute atomic E-state index is 0.0131. The Morgan fingerprint density at radius 1 is 1.20 bits per heavy atom. The molecule has 2 fully saturated rings. The van der Waals surface area contributed by atoms with Crippen LogP contribution in [0.25, 0.3) is 0 Å². The number of aliphatic imine (C=N–C) groups is 1. The van der Waals surface area contributed by atoms with E-state index in [2.05, 4.69) is 27.8 Å². The molecule has 1 heterocycles. The number of benzene rings is 1. The van der Waals surface area contributed by atoms with Gasteiger partial charge in [-0.3, -0.25) is 19.5 Å². The second kappa shape index (κ2) is 8.68. The summed E-state index contributed by atoms with van der Waals surface area (Å²) < 4.78 is 5.36. The van der Waals surface area contributed by atoms with Crippen molar-refractivity contribution >= 4 is 29.4 Å². The van der Waals surface area contributed by atoms with Gasteiger partial charge in [-0.15, -0.1) is 0 Å². The van der Waals surface area contributed by atoms with Gasteiger partial charge in [0.2, 0.25) is 11.8 Å². The minimum atomic E-state index is -0.121. The SMILES string of the molecule is CN=C(NCCCN1C(=O)C2C3C=CC(C3)C2C1=O)NCc1ccc(Cl)cc1OC. The molecule has 2 amide bonds. The molecule has 0 aromatic heterocycles. The number of methoxy groups -OCH3 is 1. The van der Waals surface area contributed by atoms with Crippen LogP contribution in [-0.4, -0.2) is 49.9 Å². The van der Waals surface area contributed by atoms with Crippen molar-refractivity contribution in [2.75, 3.05) is 27.2 Å². The molecule has 2 N–H and O–H groups in total. The number of fused-ring (bicyclic) bond motifs is 5. The number of carbonyl (C=O) groups is 2. The van der Waals surface area contributed by atoms with Crippen LogP contribution in [0.5, 0.6) is 5.75 Å². The topological polar surface area (TPSA) is 83.0 Å². The number of halogens is 1. The van der Waals surface area contributed by atoms with Crippen LogP contribution < -0.4 is 15.4 Å². The molecule has 1 aliphatic heterocycles. The van der Waals surface area contributed by atoms with E-state index in [0.29, 0.717) is 42.8 Å². The van der Waals surface area contributed by atoms with Crippen molar-refractivity contribution in [1.82, 2.24) is 15.5 Å². The molecule has 1 saturated carbocycles. The van der Waals surface area contributed by atoms with Crippen molar-refractivity contribution < 1.29 is 14.3 Å². The Kier molecular flexibility index (Phi) is 5.99. The third-order valence-corrected chi connectivity index (χ3v) is 6.57. The van der Waals surface area contributed by atoms with E-state index in [9.17, 15) is 9.59 Å². The summed E-state index contributed by atoms with van der Waals surface area (Å²) >= 11 is 6.00. The van der Waals surface area contributed by atoms with E-state index in [1.165, 1.54) is 4.90 Å². The van der Waals surface area contributed by atoms with Crippen LogP contribution in [0, 0.1) is 23.7 Å². The number of nitrogens with zero attached hydrogens (tertiary/aromatic N) is 2. The minimum Gasteiger partial charge on any atom is -0.496 e. The van der Waals surface area contributed by atoms with Gasteiger partial charge in [-0.25, -0.2) is 0 Å². The average Bonchev–Trinajstić information content (AvgIpc) is 3.43. The molecule has 1 aromatic carbocycles. The maximum absolute atomic E-state index is 12.7. The number of carbonyl (C=O) groups excluding carboxylic acids is 2. The predicted molar refractivity (Wildman–Crippen MR) is 115 cm³/mol. The molecule has 1 aromatic rings. The lowest BCUT2D eigenvalue weighted by molar-refractivity contribution is -0.140. The molecule has 3 aliphatic rings. The highest BCUT2D eigenvalue weighted by Gasteiger charge is 2.58. The number of amides is 2. The highest BCUT2D eigenvalue weighted by Crippen LogP contribution is 2.52. The summed E-state index contributed by atoms with van der Waals surface area (Å²) in [5.74, 6) is 1.66. The van der Waals surface area contributed by atoms with Crippen LogP contribution in [0.3, 0.4) is 0 Å². The van der Waals surface area contributed by atoms with E-state index in [0.717, 1.165) is 12.0 Å². The number of ether oxygens (including phenoxy) is 1. The molecule has 2 bridgehead atoms. The van der Waals surface area contributed by atoms with Gasteiger partial charge in [-0.1, -0.05) is 29.8 Å². The summed E-state index contributed by atoms with van der Waals surface area (Å²) in [4.78, 5) is 31.1. The van der Waals surface area contributed by atoms with Gasteiger partial charge in [0.05, 0.1) is 18.9 Å². The predicted octanol–water partition coefficient (Wildman–Crippen LogP) is 2.21. The van der Waals surface area contributed by atoms with Crippen LogP contribution in [0.15, 0.2) is 35.3 Å². The fourth-order valence-electron chi connectivity index (χ4n) is 4.89. The quantitative estimate of drug-likeness (QED) is 0.228.